The van der Waals surface area contributed by atoms with Crippen LogP contribution in [0.25, 0.3) is 0 Å². The van der Waals surface area contributed by atoms with Crippen LogP contribution in [0.4, 0.5) is 0 Å². The third kappa shape index (κ3) is 8.23. The quantitative estimate of drug-likeness (QED) is 0.334. The first-order chi connectivity index (χ1) is 12.5. The Kier molecular flexibility index (Phi) is 11.0. The second-order valence-corrected chi connectivity index (χ2v) is 7.14. The van der Waals surface area contributed by atoms with E-state index in [1.807, 2.05) is 0 Å². The van der Waals surface area contributed by atoms with Crippen molar-refractivity contribution in [3.05, 3.63) is 29.3 Å². The summed E-state index contributed by atoms with van der Waals surface area (Å²) in [4.78, 5) is 6.61. The van der Waals surface area contributed by atoms with E-state index >= 15 is 0 Å². The molecule has 1 heterocycles. The van der Waals surface area contributed by atoms with Crippen LogP contribution < -0.4 is 15.4 Å². The molecule has 1 aromatic carbocycles. The van der Waals surface area contributed by atoms with Gasteiger partial charge in [0.05, 0.1) is 13.2 Å². The molecule has 2 rings (SSSR count). The van der Waals surface area contributed by atoms with Gasteiger partial charge in [-0.2, -0.15) is 0 Å². The standard InChI is InChI=1S/C20H34N4O2.HI/c1-15(2)24(5)10-9-22-20(21-4)23-13-17-7-6-16(3)12-19(17)26-18-8-11-25-14-18;/h6-7,12,15,18H,8-11,13-14H2,1-5H3,(H2,21,22,23);1H. The minimum absolute atomic E-state index is 0. The first-order valence-electron chi connectivity index (χ1n) is 9.48. The number of benzene rings is 1. The minimum Gasteiger partial charge on any atom is -0.488 e. The Morgan fingerprint density at radius 2 is 2.15 bits per heavy atom. The van der Waals surface area contributed by atoms with Crippen molar-refractivity contribution in [3.8, 4) is 5.75 Å². The zero-order valence-corrected chi connectivity index (χ0v) is 19.6. The molecular weight excluding hydrogens is 455 g/mol. The number of hydrogen-bond acceptors (Lipinski definition) is 4. The first kappa shape index (κ1) is 24.0. The molecule has 1 unspecified atom stereocenters. The lowest BCUT2D eigenvalue weighted by atomic mass is 10.1. The molecule has 7 heteroatoms. The summed E-state index contributed by atoms with van der Waals surface area (Å²) in [5.74, 6) is 1.74. The Labute approximate surface area is 181 Å². The molecule has 1 aliphatic heterocycles. The molecule has 0 aliphatic carbocycles. The van der Waals surface area contributed by atoms with Crippen LogP contribution in [0.15, 0.2) is 23.2 Å². The van der Waals surface area contributed by atoms with E-state index in [-0.39, 0.29) is 30.1 Å². The van der Waals surface area contributed by atoms with Gasteiger partial charge in [0, 0.05) is 44.7 Å². The number of aryl methyl sites for hydroxylation is 1. The van der Waals surface area contributed by atoms with Crippen molar-refractivity contribution in [2.45, 2.75) is 45.9 Å². The van der Waals surface area contributed by atoms with Crippen LogP contribution >= 0.6 is 24.0 Å². The normalized spacial score (nSPS) is 17.1. The molecular formula is C20H35IN4O2. The van der Waals surface area contributed by atoms with E-state index in [0.717, 1.165) is 43.4 Å². The van der Waals surface area contributed by atoms with Gasteiger partial charge in [0.1, 0.15) is 11.9 Å². The lowest BCUT2D eigenvalue weighted by Crippen LogP contribution is -2.41. The van der Waals surface area contributed by atoms with E-state index in [9.17, 15) is 0 Å². The highest BCUT2D eigenvalue weighted by atomic mass is 127. The summed E-state index contributed by atoms with van der Waals surface area (Å²) < 4.78 is 11.6. The number of aliphatic imine (C=N–C) groups is 1. The zero-order valence-electron chi connectivity index (χ0n) is 17.2. The van der Waals surface area contributed by atoms with Gasteiger partial charge >= 0.3 is 0 Å². The van der Waals surface area contributed by atoms with Gasteiger partial charge in [-0.25, -0.2) is 0 Å². The molecule has 1 fully saturated rings. The summed E-state index contributed by atoms with van der Waals surface area (Å²) in [6.07, 6.45) is 1.10. The minimum atomic E-state index is 0. The molecule has 27 heavy (non-hydrogen) atoms. The monoisotopic (exact) mass is 490 g/mol. The Morgan fingerprint density at radius 3 is 2.78 bits per heavy atom. The summed E-state index contributed by atoms with van der Waals surface area (Å²) in [5.41, 5.74) is 2.33. The van der Waals surface area contributed by atoms with Crippen LogP contribution in [0.3, 0.4) is 0 Å². The lowest BCUT2D eigenvalue weighted by molar-refractivity contribution is 0.140. The van der Waals surface area contributed by atoms with Crippen LogP contribution in [-0.4, -0.2) is 63.4 Å². The van der Waals surface area contributed by atoms with E-state index < -0.39 is 0 Å². The van der Waals surface area contributed by atoms with E-state index in [1.165, 1.54) is 5.56 Å². The fourth-order valence-electron chi connectivity index (χ4n) is 2.71. The molecule has 1 aliphatic rings. The van der Waals surface area contributed by atoms with Crippen molar-refractivity contribution in [1.82, 2.24) is 15.5 Å². The highest BCUT2D eigenvalue weighted by Gasteiger charge is 2.18. The molecule has 154 valence electrons. The zero-order chi connectivity index (χ0) is 18.9. The highest BCUT2D eigenvalue weighted by Crippen LogP contribution is 2.23. The van der Waals surface area contributed by atoms with Gasteiger partial charge in [0.2, 0.25) is 0 Å². The highest BCUT2D eigenvalue weighted by molar-refractivity contribution is 14.0. The second kappa shape index (κ2) is 12.4. The molecule has 0 saturated carbocycles. The Bertz CT molecular complexity index is 589. The van der Waals surface area contributed by atoms with Crippen LogP contribution in [-0.2, 0) is 11.3 Å². The summed E-state index contributed by atoms with van der Waals surface area (Å²) >= 11 is 0. The van der Waals surface area contributed by atoms with E-state index in [1.54, 1.807) is 7.05 Å². The van der Waals surface area contributed by atoms with Crippen LogP contribution in [0.5, 0.6) is 5.75 Å². The maximum Gasteiger partial charge on any atom is 0.191 e. The SMILES string of the molecule is CN=C(NCCN(C)C(C)C)NCc1ccc(C)cc1OC1CCOC1.I. The maximum absolute atomic E-state index is 6.16. The van der Waals surface area contributed by atoms with Gasteiger partial charge in [-0.15, -0.1) is 24.0 Å². The summed E-state index contributed by atoms with van der Waals surface area (Å²) in [6, 6.07) is 6.87. The number of nitrogens with one attached hydrogen (secondary N) is 2. The van der Waals surface area contributed by atoms with Gasteiger partial charge in [0.15, 0.2) is 5.96 Å². The Balaban J connectivity index is 0.00000364. The second-order valence-electron chi connectivity index (χ2n) is 7.14. The number of nitrogens with zero attached hydrogens (tertiary/aromatic N) is 2. The van der Waals surface area contributed by atoms with Gasteiger partial charge in [-0.05, 0) is 39.4 Å². The number of hydrogen-bond donors (Lipinski definition) is 2. The number of ether oxygens (including phenoxy) is 2. The molecule has 1 saturated heterocycles. The number of rotatable bonds is 8. The molecule has 6 nitrogen and oxygen atoms in total. The Hall–Kier alpha value is -1.06. The third-order valence-electron chi connectivity index (χ3n) is 4.71. The van der Waals surface area contributed by atoms with Gasteiger partial charge < -0.3 is 25.0 Å². The van der Waals surface area contributed by atoms with Crippen LogP contribution in [0.1, 0.15) is 31.4 Å². The van der Waals surface area contributed by atoms with Crippen molar-refractivity contribution in [2.24, 2.45) is 4.99 Å². The Morgan fingerprint density at radius 1 is 1.37 bits per heavy atom. The van der Waals surface area contributed by atoms with Gasteiger partial charge in [0.25, 0.3) is 0 Å². The largest absolute Gasteiger partial charge is 0.488 e. The fraction of sp³-hybridized carbons (Fsp3) is 0.650. The first-order valence-corrected chi connectivity index (χ1v) is 9.48. The summed E-state index contributed by atoms with van der Waals surface area (Å²) in [5, 5.41) is 6.75. The fourth-order valence-corrected chi connectivity index (χ4v) is 2.71. The predicted molar refractivity (Wildman–Crippen MR) is 122 cm³/mol. The lowest BCUT2D eigenvalue weighted by Gasteiger charge is -2.22. The molecule has 1 aromatic rings. The number of guanidine groups is 1. The third-order valence-corrected chi connectivity index (χ3v) is 4.71. The average Bonchev–Trinajstić information content (AvgIpc) is 3.12. The number of halogens is 1. The summed E-state index contributed by atoms with van der Waals surface area (Å²) in [6.45, 7) is 10.4. The van der Waals surface area contributed by atoms with Crippen LogP contribution in [0, 0.1) is 6.92 Å². The smallest absolute Gasteiger partial charge is 0.191 e. The molecule has 0 amide bonds. The van der Waals surface area contributed by atoms with Crippen molar-refractivity contribution in [3.63, 3.8) is 0 Å². The number of likely N-dealkylation sites (N-methyl/N-ethyl adjacent to an activating group) is 1. The van der Waals surface area contributed by atoms with Crippen molar-refractivity contribution < 1.29 is 9.47 Å². The van der Waals surface area contributed by atoms with Crippen molar-refractivity contribution >= 4 is 29.9 Å². The maximum atomic E-state index is 6.16. The van der Waals surface area contributed by atoms with E-state index in [4.69, 9.17) is 9.47 Å². The molecule has 0 spiro atoms. The van der Waals surface area contributed by atoms with Gasteiger partial charge in [-0.1, -0.05) is 12.1 Å². The topological polar surface area (TPSA) is 58.1 Å². The molecule has 0 aromatic heterocycles. The molecule has 0 radical (unpaired) electrons. The van der Waals surface area contributed by atoms with Crippen molar-refractivity contribution in [1.29, 1.82) is 0 Å². The molecule has 1 atom stereocenters. The average molecular weight is 490 g/mol. The van der Waals surface area contributed by atoms with E-state index in [0.29, 0.717) is 19.2 Å². The molecule has 0 bridgehead atoms. The van der Waals surface area contributed by atoms with Gasteiger partial charge in [-0.3, -0.25) is 4.99 Å². The van der Waals surface area contributed by atoms with Crippen molar-refractivity contribution in [2.75, 3.05) is 40.4 Å². The van der Waals surface area contributed by atoms with Crippen LogP contribution in [0.2, 0.25) is 0 Å². The van der Waals surface area contributed by atoms with E-state index in [2.05, 4.69) is 66.5 Å². The molecule has 2 N–H and O–H groups in total. The predicted octanol–water partition coefficient (Wildman–Crippen LogP) is 2.79. The summed E-state index contributed by atoms with van der Waals surface area (Å²) in [7, 11) is 3.93.